The van der Waals surface area contributed by atoms with Gasteiger partial charge in [0.25, 0.3) is 0 Å². The molecule has 144 valence electrons. The molecule has 0 bridgehead atoms. The molecule has 7 nitrogen and oxygen atoms in total. The molecule has 30 heavy (non-hydrogen) atoms. The van der Waals surface area contributed by atoms with Gasteiger partial charge in [0.15, 0.2) is 11.5 Å². The Morgan fingerprint density at radius 3 is 2.50 bits per heavy atom. The predicted molar refractivity (Wildman–Crippen MR) is 118 cm³/mol. The molecule has 0 atom stereocenters. The number of imidazole rings is 1. The number of nitrogens with zero attached hydrogens (tertiary/aromatic N) is 4. The van der Waals surface area contributed by atoms with Gasteiger partial charge in [-0.3, -0.25) is 0 Å². The first-order valence-corrected chi connectivity index (χ1v) is 9.45. The number of aromatic nitrogens is 4. The van der Waals surface area contributed by atoms with Crippen LogP contribution in [0.15, 0.2) is 67.0 Å². The lowest BCUT2D eigenvalue weighted by Gasteiger charge is -2.13. The van der Waals surface area contributed by atoms with Gasteiger partial charge >= 0.3 is 0 Å². The summed E-state index contributed by atoms with van der Waals surface area (Å²) in [6, 6.07) is 21.6. The van der Waals surface area contributed by atoms with E-state index in [1.807, 2.05) is 24.3 Å². The molecule has 7 heteroatoms. The number of H-pyrrole nitrogens is 1. The molecule has 0 radical (unpaired) electrons. The van der Waals surface area contributed by atoms with Crippen LogP contribution in [-0.2, 0) is 0 Å². The molecule has 5 aromatic rings. The smallest absolute Gasteiger partial charge is 0.231 e. The lowest BCUT2D eigenvalue weighted by molar-refractivity contribution is 1.19. The average molecular weight is 391 g/mol. The van der Waals surface area contributed by atoms with Crippen molar-refractivity contribution in [2.45, 2.75) is 6.92 Å². The first kappa shape index (κ1) is 17.6. The van der Waals surface area contributed by atoms with Crippen LogP contribution in [0.3, 0.4) is 0 Å². The minimum absolute atomic E-state index is 0.415. The fraction of sp³-hybridized carbons (Fsp3) is 0.0435. The maximum absolute atomic E-state index is 8.97. The number of rotatable bonds is 4. The van der Waals surface area contributed by atoms with Gasteiger partial charge in [0.05, 0.1) is 18.0 Å². The lowest BCUT2D eigenvalue weighted by atomic mass is 10.0. The largest absolute Gasteiger partial charge is 0.340 e. The van der Waals surface area contributed by atoms with Gasteiger partial charge in [0.1, 0.15) is 5.52 Å². The van der Waals surface area contributed by atoms with Crippen LogP contribution in [0.4, 0.5) is 23.1 Å². The molecule has 0 saturated carbocycles. The number of aryl methyl sites for hydroxylation is 1. The van der Waals surface area contributed by atoms with E-state index in [0.717, 1.165) is 22.3 Å². The number of nitrogens with one attached hydrogen (secondary N) is 3. The second-order valence-electron chi connectivity index (χ2n) is 6.91. The quantitative estimate of drug-likeness (QED) is 0.390. The van der Waals surface area contributed by atoms with Gasteiger partial charge in [-0.2, -0.15) is 15.2 Å². The highest BCUT2D eigenvalue weighted by atomic mass is 15.2. The lowest BCUT2D eigenvalue weighted by Crippen LogP contribution is -2.02. The number of benzene rings is 3. The molecule has 3 aromatic carbocycles. The Morgan fingerprint density at radius 1 is 0.900 bits per heavy atom. The Hall–Kier alpha value is -4.44. The molecule has 0 unspecified atom stereocenters. The molecule has 0 aliphatic rings. The minimum atomic E-state index is 0.415. The maximum atomic E-state index is 8.97. The van der Waals surface area contributed by atoms with E-state index >= 15 is 0 Å². The fourth-order valence-corrected chi connectivity index (χ4v) is 3.42. The molecule has 2 heterocycles. The van der Waals surface area contributed by atoms with E-state index in [1.54, 1.807) is 18.5 Å². The van der Waals surface area contributed by atoms with Crippen molar-refractivity contribution in [3.63, 3.8) is 0 Å². The van der Waals surface area contributed by atoms with Crippen LogP contribution in [0.1, 0.15) is 11.1 Å². The van der Waals surface area contributed by atoms with E-state index in [9.17, 15) is 0 Å². The Kier molecular flexibility index (Phi) is 4.23. The Morgan fingerprint density at radius 2 is 1.70 bits per heavy atom. The van der Waals surface area contributed by atoms with Gasteiger partial charge in [0.2, 0.25) is 5.95 Å². The van der Waals surface area contributed by atoms with Crippen molar-refractivity contribution in [1.29, 1.82) is 5.26 Å². The summed E-state index contributed by atoms with van der Waals surface area (Å²) in [5.74, 6) is 1.04. The van der Waals surface area contributed by atoms with Crippen LogP contribution >= 0.6 is 0 Å². The molecular weight excluding hydrogens is 374 g/mol. The average Bonchev–Trinajstić information content (AvgIpc) is 3.25. The van der Waals surface area contributed by atoms with Crippen LogP contribution < -0.4 is 10.6 Å². The molecule has 0 saturated heterocycles. The van der Waals surface area contributed by atoms with Gasteiger partial charge in [0, 0.05) is 16.8 Å². The van der Waals surface area contributed by atoms with Crippen molar-refractivity contribution in [3.8, 4) is 6.07 Å². The normalized spacial score (nSPS) is 10.8. The van der Waals surface area contributed by atoms with Crippen molar-refractivity contribution in [3.05, 3.63) is 78.1 Å². The molecule has 0 fully saturated rings. The summed E-state index contributed by atoms with van der Waals surface area (Å²) in [6.45, 7) is 2.10. The Labute approximate surface area is 172 Å². The maximum Gasteiger partial charge on any atom is 0.231 e. The zero-order chi connectivity index (χ0) is 20.5. The summed E-state index contributed by atoms with van der Waals surface area (Å²) in [5, 5.41) is 17.9. The van der Waals surface area contributed by atoms with Crippen molar-refractivity contribution in [2.24, 2.45) is 0 Å². The number of hydrogen-bond donors (Lipinski definition) is 3. The van der Waals surface area contributed by atoms with Crippen LogP contribution in [0.25, 0.3) is 21.9 Å². The standard InChI is InChI=1S/C23H17N7/c1-14-6-11-19(18-5-3-2-4-17(14)18)28-22-20-21(26-13-25-20)29-23(30-22)27-16-9-7-15(12-24)8-10-16/h2-11,13H,1H3,(H3,25,26,27,28,29,30). The first-order chi connectivity index (χ1) is 14.7. The molecule has 0 aliphatic carbocycles. The zero-order valence-corrected chi connectivity index (χ0v) is 16.1. The number of anilines is 4. The van der Waals surface area contributed by atoms with E-state index in [4.69, 9.17) is 5.26 Å². The van der Waals surface area contributed by atoms with E-state index < -0.39 is 0 Å². The van der Waals surface area contributed by atoms with Crippen molar-refractivity contribution >= 4 is 45.1 Å². The highest BCUT2D eigenvalue weighted by Crippen LogP contribution is 2.30. The number of hydrogen-bond acceptors (Lipinski definition) is 6. The second-order valence-corrected chi connectivity index (χ2v) is 6.91. The van der Waals surface area contributed by atoms with E-state index in [2.05, 4.69) is 67.8 Å². The summed E-state index contributed by atoms with van der Waals surface area (Å²) in [5.41, 5.74) is 4.84. The predicted octanol–water partition coefficient (Wildman–Crippen LogP) is 5.17. The molecule has 3 N–H and O–H groups in total. The Balaban J connectivity index is 1.55. The SMILES string of the molecule is Cc1ccc(Nc2nc(Nc3ccc(C#N)cc3)nc3nc[nH]c23)c2ccccc12. The third-order valence-electron chi connectivity index (χ3n) is 4.95. The van der Waals surface area contributed by atoms with Crippen molar-refractivity contribution < 1.29 is 0 Å². The third-order valence-corrected chi connectivity index (χ3v) is 4.95. The van der Waals surface area contributed by atoms with Gasteiger partial charge in [-0.15, -0.1) is 0 Å². The molecule has 0 aliphatic heterocycles. The van der Waals surface area contributed by atoms with Crippen LogP contribution in [-0.4, -0.2) is 19.9 Å². The molecule has 5 rings (SSSR count). The monoisotopic (exact) mass is 391 g/mol. The summed E-state index contributed by atoms with van der Waals surface area (Å²) in [6.07, 6.45) is 1.60. The fourth-order valence-electron chi connectivity index (χ4n) is 3.42. The zero-order valence-electron chi connectivity index (χ0n) is 16.1. The topological polar surface area (TPSA) is 102 Å². The molecular formula is C23H17N7. The molecule has 2 aromatic heterocycles. The van der Waals surface area contributed by atoms with Crippen LogP contribution in [0.2, 0.25) is 0 Å². The summed E-state index contributed by atoms with van der Waals surface area (Å²) >= 11 is 0. The minimum Gasteiger partial charge on any atom is -0.340 e. The van der Waals surface area contributed by atoms with Crippen LogP contribution in [0, 0.1) is 18.3 Å². The summed E-state index contributed by atoms with van der Waals surface area (Å²) < 4.78 is 0. The summed E-state index contributed by atoms with van der Waals surface area (Å²) in [7, 11) is 0. The van der Waals surface area contributed by atoms with Crippen LogP contribution in [0.5, 0.6) is 0 Å². The van der Waals surface area contributed by atoms with E-state index in [-0.39, 0.29) is 0 Å². The molecule has 0 amide bonds. The van der Waals surface area contributed by atoms with Gasteiger partial charge in [-0.05, 0) is 48.2 Å². The molecule has 0 spiro atoms. The van der Waals surface area contributed by atoms with Gasteiger partial charge in [-0.25, -0.2) is 4.98 Å². The number of nitriles is 1. The number of aromatic amines is 1. The highest BCUT2D eigenvalue weighted by molar-refractivity contribution is 5.99. The second kappa shape index (κ2) is 7.18. The first-order valence-electron chi connectivity index (χ1n) is 9.45. The number of fused-ring (bicyclic) bond motifs is 2. The van der Waals surface area contributed by atoms with Gasteiger partial charge < -0.3 is 15.6 Å². The van der Waals surface area contributed by atoms with Crippen molar-refractivity contribution in [2.75, 3.05) is 10.6 Å². The van der Waals surface area contributed by atoms with Gasteiger partial charge in [-0.1, -0.05) is 30.3 Å². The highest BCUT2D eigenvalue weighted by Gasteiger charge is 2.12. The van der Waals surface area contributed by atoms with E-state index in [1.165, 1.54) is 10.9 Å². The van der Waals surface area contributed by atoms with Crippen molar-refractivity contribution in [1.82, 2.24) is 19.9 Å². The Bertz CT molecular complexity index is 1410. The van der Waals surface area contributed by atoms with E-state index in [0.29, 0.717) is 23.0 Å². The summed E-state index contributed by atoms with van der Waals surface area (Å²) in [4.78, 5) is 16.6. The third kappa shape index (κ3) is 3.16.